The molecule has 0 amide bonds. The first-order chi connectivity index (χ1) is 9.72. The van der Waals surface area contributed by atoms with Crippen LogP contribution < -0.4 is 4.57 Å². The van der Waals surface area contributed by atoms with E-state index in [-0.39, 0.29) is 6.42 Å². The lowest BCUT2D eigenvalue weighted by Gasteiger charge is -2.00. The van der Waals surface area contributed by atoms with Gasteiger partial charge in [0.1, 0.15) is 12.7 Å². The minimum atomic E-state index is -0.805. The zero-order valence-corrected chi connectivity index (χ0v) is 10.5. The highest BCUT2D eigenvalue weighted by atomic mass is 16.4. The van der Waals surface area contributed by atoms with Gasteiger partial charge in [0, 0.05) is 23.9 Å². The number of carboxylic acids is 1. The summed E-state index contributed by atoms with van der Waals surface area (Å²) >= 11 is 0. The number of fused-ring (bicyclic) bond motifs is 1. The van der Waals surface area contributed by atoms with Gasteiger partial charge in [-0.15, -0.1) is 0 Å². The second-order valence-corrected chi connectivity index (χ2v) is 4.29. The number of carboxylic acid groups (broad SMARTS) is 1. The molecule has 0 saturated heterocycles. The van der Waals surface area contributed by atoms with Crippen LogP contribution in [0.2, 0.25) is 0 Å². The topological polar surface area (TPSA) is 84.3 Å². The number of aryl methyl sites for hydroxylation is 1. The maximum absolute atomic E-state index is 10.5. The van der Waals surface area contributed by atoms with Crippen LogP contribution in [0.1, 0.15) is 6.42 Å². The summed E-state index contributed by atoms with van der Waals surface area (Å²) < 4.78 is 3.42. The standard InChI is InChI=1S/C13H11N5O2/c19-12(20)4-7-17-5-1-10(2-6-17)11-3-8-18-13(16-11)14-9-15-18/h1-3,5-6,8-9H,4,7H2/p+1. The molecule has 0 unspecified atom stereocenters. The molecule has 3 rings (SSSR count). The fourth-order valence-corrected chi connectivity index (χ4v) is 1.88. The van der Waals surface area contributed by atoms with Crippen LogP contribution in [-0.4, -0.2) is 30.7 Å². The first-order valence-electron chi connectivity index (χ1n) is 6.10. The van der Waals surface area contributed by atoms with Crippen molar-refractivity contribution in [2.75, 3.05) is 0 Å². The monoisotopic (exact) mass is 270 g/mol. The van der Waals surface area contributed by atoms with Crippen molar-refractivity contribution in [1.29, 1.82) is 0 Å². The molecule has 0 atom stereocenters. The van der Waals surface area contributed by atoms with Gasteiger partial charge in [0.15, 0.2) is 18.9 Å². The lowest BCUT2D eigenvalue weighted by atomic mass is 10.2. The van der Waals surface area contributed by atoms with Crippen LogP contribution >= 0.6 is 0 Å². The number of hydrogen-bond donors (Lipinski definition) is 1. The molecule has 0 radical (unpaired) electrons. The number of rotatable bonds is 4. The van der Waals surface area contributed by atoms with Gasteiger partial charge in [-0.1, -0.05) is 0 Å². The van der Waals surface area contributed by atoms with E-state index in [0.717, 1.165) is 11.3 Å². The Morgan fingerprint density at radius 2 is 2.10 bits per heavy atom. The third kappa shape index (κ3) is 2.46. The van der Waals surface area contributed by atoms with Gasteiger partial charge in [-0.05, 0) is 6.07 Å². The number of hydrogen-bond acceptors (Lipinski definition) is 4. The van der Waals surface area contributed by atoms with Gasteiger partial charge in [0.2, 0.25) is 0 Å². The van der Waals surface area contributed by atoms with Gasteiger partial charge in [0.05, 0.1) is 5.69 Å². The summed E-state index contributed by atoms with van der Waals surface area (Å²) in [6, 6.07) is 5.66. The van der Waals surface area contributed by atoms with Gasteiger partial charge < -0.3 is 5.11 Å². The lowest BCUT2D eigenvalue weighted by molar-refractivity contribution is -0.695. The Labute approximate surface area is 114 Å². The number of nitrogens with zero attached hydrogens (tertiary/aromatic N) is 5. The predicted octanol–water partition coefficient (Wildman–Crippen LogP) is 0.553. The SMILES string of the molecule is O=C(O)CC[n+]1ccc(-c2ccn3ncnc3n2)cc1. The third-order valence-corrected chi connectivity index (χ3v) is 2.92. The van der Waals surface area contributed by atoms with Crippen molar-refractivity contribution >= 4 is 11.7 Å². The highest BCUT2D eigenvalue weighted by Gasteiger charge is 2.07. The van der Waals surface area contributed by atoms with Crippen LogP contribution in [0.4, 0.5) is 0 Å². The Balaban J connectivity index is 1.84. The molecule has 3 heterocycles. The maximum Gasteiger partial charge on any atom is 0.309 e. The second kappa shape index (κ2) is 5.04. The molecule has 0 spiro atoms. The largest absolute Gasteiger partial charge is 0.481 e. The van der Waals surface area contributed by atoms with Gasteiger partial charge in [-0.25, -0.2) is 14.1 Å². The first-order valence-corrected chi connectivity index (χ1v) is 6.10. The molecule has 3 aromatic rings. The number of aliphatic carboxylic acids is 1. The van der Waals surface area contributed by atoms with Crippen LogP contribution in [0.25, 0.3) is 17.0 Å². The fourth-order valence-electron chi connectivity index (χ4n) is 1.88. The van der Waals surface area contributed by atoms with E-state index < -0.39 is 5.97 Å². The molecule has 0 aliphatic heterocycles. The molecule has 0 saturated carbocycles. The van der Waals surface area contributed by atoms with Crippen LogP contribution in [0, 0.1) is 0 Å². The summed E-state index contributed by atoms with van der Waals surface area (Å²) in [7, 11) is 0. The molecule has 0 aromatic carbocycles. The van der Waals surface area contributed by atoms with E-state index in [0.29, 0.717) is 12.3 Å². The third-order valence-electron chi connectivity index (χ3n) is 2.92. The summed E-state index contributed by atoms with van der Waals surface area (Å²) in [5, 5.41) is 12.6. The Kier molecular flexibility index (Phi) is 3.08. The van der Waals surface area contributed by atoms with E-state index in [1.165, 1.54) is 6.33 Å². The Hall–Kier alpha value is -2.83. The van der Waals surface area contributed by atoms with Gasteiger partial charge >= 0.3 is 5.97 Å². The molecule has 20 heavy (non-hydrogen) atoms. The zero-order valence-electron chi connectivity index (χ0n) is 10.5. The predicted molar refractivity (Wildman–Crippen MR) is 68.7 cm³/mol. The summed E-state index contributed by atoms with van der Waals surface area (Å²) in [5.41, 5.74) is 1.75. The minimum absolute atomic E-state index is 0.105. The van der Waals surface area contributed by atoms with Crippen molar-refractivity contribution in [3.63, 3.8) is 0 Å². The molecule has 0 fully saturated rings. The van der Waals surface area contributed by atoms with Gasteiger partial charge in [0.25, 0.3) is 5.78 Å². The van der Waals surface area contributed by atoms with Crippen LogP contribution in [0.3, 0.4) is 0 Å². The van der Waals surface area contributed by atoms with Gasteiger partial charge in [-0.3, -0.25) is 4.79 Å². The Morgan fingerprint density at radius 1 is 1.30 bits per heavy atom. The minimum Gasteiger partial charge on any atom is -0.481 e. The van der Waals surface area contributed by atoms with E-state index in [9.17, 15) is 4.79 Å². The van der Waals surface area contributed by atoms with Crippen LogP contribution in [0.15, 0.2) is 43.1 Å². The molecule has 1 N–H and O–H groups in total. The van der Waals surface area contributed by atoms with E-state index in [1.807, 2.05) is 35.2 Å². The first kappa shape index (κ1) is 12.2. The van der Waals surface area contributed by atoms with E-state index in [4.69, 9.17) is 5.11 Å². The summed E-state index contributed by atoms with van der Waals surface area (Å²) in [6.07, 6.45) is 7.04. The molecule has 7 nitrogen and oxygen atoms in total. The average Bonchev–Trinajstić information content (AvgIpc) is 2.93. The highest BCUT2D eigenvalue weighted by Crippen LogP contribution is 2.14. The normalized spacial score (nSPS) is 10.8. The Bertz CT molecular complexity index is 751. The maximum atomic E-state index is 10.5. The quantitative estimate of drug-likeness (QED) is 0.700. The smallest absolute Gasteiger partial charge is 0.309 e. The summed E-state index contributed by atoms with van der Waals surface area (Å²) in [6.45, 7) is 0.451. The van der Waals surface area contributed by atoms with Crippen LogP contribution in [0.5, 0.6) is 0 Å². The van der Waals surface area contributed by atoms with Crippen molar-refractivity contribution in [3.05, 3.63) is 43.1 Å². The molecular weight excluding hydrogens is 258 g/mol. The fraction of sp³-hybridized carbons (Fsp3) is 0.154. The molecule has 0 aliphatic rings. The highest BCUT2D eigenvalue weighted by molar-refractivity contribution is 5.66. The van der Waals surface area contributed by atoms with E-state index in [2.05, 4.69) is 15.1 Å². The molecular formula is C13H12N5O2+. The zero-order chi connectivity index (χ0) is 13.9. The molecule has 7 heteroatoms. The number of pyridine rings is 1. The molecule has 0 aliphatic carbocycles. The number of carbonyl (C=O) groups is 1. The van der Waals surface area contributed by atoms with Crippen molar-refractivity contribution in [2.24, 2.45) is 0 Å². The lowest BCUT2D eigenvalue weighted by Crippen LogP contribution is -2.33. The molecule has 0 bridgehead atoms. The Morgan fingerprint density at radius 3 is 2.85 bits per heavy atom. The van der Waals surface area contributed by atoms with Crippen molar-refractivity contribution in [1.82, 2.24) is 19.6 Å². The summed E-state index contributed by atoms with van der Waals surface area (Å²) in [4.78, 5) is 19.0. The van der Waals surface area contributed by atoms with Crippen molar-refractivity contribution in [2.45, 2.75) is 13.0 Å². The van der Waals surface area contributed by atoms with Crippen LogP contribution in [-0.2, 0) is 11.3 Å². The van der Waals surface area contributed by atoms with Crippen molar-refractivity contribution in [3.8, 4) is 11.3 Å². The number of aromatic nitrogens is 5. The van der Waals surface area contributed by atoms with E-state index in [1.54, 1.807) is 10.7 Å². The van der Waals surface area contributed by atoms with Crippen molar-refractivity contribution < 1.29 is 14.5 Å². The average molecular weight is 270 g/mol. The van der Waals surface area contributed by atoms with E-state index >= 15 is 0 Å². The second-order valence-electron chi connectivity index (χ2n) is 4.29. The van der Waals surface area contributed by atoms with Gasteiger partial charge in [-0.2, -0.15) is 10.1 Å². The molecule has 3 aromatic heterocycles. The summed E-state index contributed by atoms with van der Waals surface area (Å²) in [5.74, 6) is -0.259. The molecule has 100 valence electrons.